The van der Waals surface area contributed by atoms with Crippen LogP contribution in [0.25, 0.3) is 0 Å². The molecule has 0 unspecified atom stereocenters. The maximum Gasteiger partial charge on any atom is 0.338 e. The summed E-state index contributed by atoms with van der Waals surface area (Å²) in [5.41, 5.74) is 7.04. The molecule has 0 amide bonds. The van der Waals surface area contributed by atoms with Gasteiger partial charge in [0, 0.05) is 12.2 Å². The summed E-state index contributed by atoms with van der Waals surface area (Å²) in [6.45, 7) is 3.72. The molecule has 94 valence electrons. The van der Waals surface area contributed by atoms with E-state index in [4.69, 9.17) is 10.8 Å². The normalized spacial score (nSPS) is 10.8. The van der Waals surface area contributed by atoms with Crippen LogP contribution in [-0.2, 0) is 6.54 Å². The molecule has 0 spiro atoms. The average molecular weight is 236 g/mol. The number of nitrogen functional groups attached to an aromatic ring is 1. The van der Waals surface area contributed by atoms with E-state index in [1.54, 1.807) is 12.1 Å². The number of nitrogens with zero attached hydrogens (tertiary/aromatic N) is 1. The lowest BCUT2D eigenvalue weighted by molar-refractivity contribution is 0.0696. The number of aromatic carboxylic acids is 1. The lowest BCUT2D eigenvalue weighted by Gasteiger charge is -2.18. The van der Waals surface area contributed by atoms with Crippen molar-refractivity contribution in [2.45, 2.75) is 26.3 Å². The Morgan fingerprint density at radius 1 is 1.47 bits per heavy atom. The van der Waals surface area contributed by atoms with Crippen LogP contribution in [-0.4, -0.2) is 29.6 Å². The maximum atomic E-state index is 11.1. The van der Waals surface area contributed by atoms with E-state index < -0.39 is 5.97 Å². The molecular weight excluding hydrogens is 216 g/mol. The number of hydrogen-bond donors (Lipinski definition) is 2. The van der Waals surface area contributed by atoms with Gasteiger partial charge in [0.05, 0.1) is 5.56 Å². The Balaban J connectivity index is 2.83. The van der Waals surface area contributed by atoms with Gasteiger partial charge < -0.3 is 15.7 Å². The first kappa shape index (κ1) is 13.5. The van der Waals surface area contributed by atoms with Crippen LogP contribution >= 0.6 is 0 Å². The number of unbranched alkanes of at least 4 members (excludes halogenated alkanes) is 1. The number of nitrogens with two attached hydrogens (primary N) is 1. The Kier molecular flexibility index (Phi) is 4.97. The van der Waals surface area contributed by atoms with Crippen molar-refractivity contribution in [3.05, 3.63) is 29.3 Å². The Labute approximate surface area is 102 Å². The summed E-state index contributed by atoms with van der Waals surface area (Å²) in [7, 11) is 1.99. The topological polar surface area (TPSA) is 66.6 Å². The van der Waals surface area contributed by atoms with E-state index in [1.807, 2.05) is 13.1 Å². The molecule has 4 nitrogen and oxygen atoms in total. The fourth-order valence-corrected chi connectivity index (χ4v) is 1.81. The second-order valence-corrected chi connectivity index (χ2v) is 4.28. The molecule has 0 heterocycles. The highest BCUT2D eigenvalue weighted by Gasteiger charge is 2.14. The number of rotatable bonds is 6. The zero-order valence-corrected chi connectivity index (χ0v) is 10.4. The first-order valence-corrected chi connectivity index (χ1v) is 5.85. The van der Waals surface area contributed by atoms with Gasteiger partial charge in [-0.3, -0.25) is 0 Å². The van der Waals surface area contributed by atoms with Crippen molar-refractivity contribution < 1.29 is 9.90 Å². The molecule has 0 saturated carbocycles. The summed E-state index contributed by atoms with van der Waals surface area (Å²) in [5, 5.41) is 9.14. The van der Waals surface area contributed by atoms with Gasteiger partial charge in [0.2, 0.25) is 0 Å². The standard InChI is InChI=1S/C13H20N2O2/c1-3-4-8-15(2)9-10-6-5-7-11(14)12(10)13(16)17/h5-7H,3-4,8-9,14H2,1-2H3,(H,16,17). The molecule has 0 atom stereocenters. The molecule has 0 saturated heterocycles. The third-order valence-corrected chi connectivity index (χ3v) is 2.73. The first-order valence-electron chi connectivity index (χ1n) is 5.85. The maximum absolute atomic E-state index is 11.1. The highest BCUT2D eigenvalue weighted by atomic mass is 16.4. The Hall–Kier alpha value is -1.55. The minimum absolute atomic E-state index is 0.232. The number of carbonyl (C=O) groups is 1. The second kappa shape index (κ2) is 6.25. The number of carboxylic acid groups (broad SMARTS) is 1. The third-order valence-electron chi connectivity index (χ3n) is 2.73. The van der Waals surface area contributed by atoms with E-state index in [2.05, 4.69) is 11.8 Å². The second-order valence-electron chi connectivity index (χ2n) is 4.28. The number of carboxylic acids is 1. The third kappa shape index (κ3) is 3.75. The molecule has 3 N–H and O–H groups in total. The van der Waals surface area contributed by atoms with Crippen molar-refractivity contribution in [1.29, 1.82) is 0 Å². The molecule has 17 heavy (non-hydrogen) atoms. The predicted molar refractivity (Wildman–Crippen MR) is 69.1 cm³/mol. The van der Waals surface area contributed by atoms with Gasteiger partial charge in [-0.1, -0.05) is 25.5 Å². The summed E-state index contributed by atoms with van der Waals surface area (Å²) in [6.07, 6.45) is 2.24. The lowest BCUT2D eigenvalue weighted by Crippen LogP contribution is -2.21. The Bertz CT molecular complexity index is 391. The van der Waals surface area contributed by atoms with E-state index in [-0.39, 0.29) is 5.56 Å². The van der Waals surface area contributed by atoms with Crippen molar-refractivity contribution in [2.75, 3.05) is 19.3 Å². The van der Waals surface area contributed by atoms with E-state index in [0.29, 0.717) is 12.2 Å². The van der Waals surface area contributed by atoms with Gasteiger partial charge in [0.1, 0.15) is 0 Å². The minimum Gasteiger partial charge on any atom is -0.478 e. The van der Waals surface area contributed by atoms with Crippen molar-refractivity contribution in [3.8, 4) is 0 Å². The number of benzene rings is 1. The molecule has 0 fully saturated rings. The van der Waals surface area contributed by atoms with Crippen molar-refractivity contribution in [3.63, 3.8) is 0 Å². The van der Waals surface area contributed by atoms with Crippen molar-refractivity contribution in [1.82, 2.24) is 4.90 Å². The first-order chi connectivity index (χ1) is 8.06. The monoisotopic (exact) mass is 236 g/mol. The molecule has 0 aliphatic rings. The summed E-state index contributed by atoms with van der Waals surface area (Å²) < 4.78 is 0. The van der Waals surface area contributed by atoms with Crippen LogP contribution in [0.4, 0.5) is 5.69 Å². The fraction of sp³-hybridized carbons (Fsp3) is 0.462. The summed E-state index contributed by atoms with van der Waals surface area (Å²) in [5.74, 6) is -0.956. The van der Waals surface area contributed by atoms with E-state index in [9.17, 15) is 4.79 Å². The lowest BCUT2D eigenvalue weighted by atomic mass is 10.1. The van der Waals surface area contributed by atoms with Gasteiger partial charge in [-0.25, -0.2) is 4.79 Å². The van der Waals surface area contributed by atoms with Gasteiger partial charge in [-0.15, -0.1) is 0 Å². The van der Waals surface area contributed by atoms with Crippen LogP contribution in [0.3, 0.4) is 0 Å². The fourth-order valence-electron chi connectivity index (χ4n) is 1.81. The van der Waals surface area contributed by atoms with Crippen LogP contribution < -0.4 is 5.73 Å². The molecule has 0 aromatic heterocycles. The highest BCUT2D eigenvalue weighted by molar-refractivity contribution is 5.95. The number of anilines is 1. The molecule has 1 aromatic rings. The molecule has 0 aliphatic heterocycles. The average Bonchev–Trinajstić information content (AvgIpc) is 2.25. The van der Waals surface area contributed by atoms with Crippen LogP contribution in [0.1, 0.15) is 35.7 Å². The zero-order chi connectivity index (χ0) is 12.8. The van der Waals surface area contributed by atoms with E-state index in [1.165, 1.54) is 0 Å². The van der Waals surface area contributed by atoms with Crippen LogP contribution in [0.2, 0.25) is 0 Å². The van der Waals surface area contributed by atoms with Gasteiger partial charge in [0.25, 0.3) is 0 Å². The summed E-state index contributed by atoms with van der Waals surface area (Å²) in [6, 6.07) is 5.24. The Morgan fingerprint density at radius 2 is 2.18 bits per heavy atom. The van der Waals surface area contributed by atoms with Gasteiger partial charge in [-0.2, -0.15) is 0 Å². The van der Waals surface area contributed by atoms with Gasteiger partial charge in [0.15, 0.2) is 0 Å². The van der Waals surface area contributed by atoms with E-state index >= 15 is 0 Å². The largest absolute Gasteiger partial charge is 0.478 e. The van der Waals surface area contributed by atoms with Crippen LogP contribution in [0.15, 0.2) is 18.2 Å². The summed E-state index contributed by atoms with van der Waals surface area (Å²) in [4.78, 5) is 13.3. The quantitative estimate of drug-likeness (QED) is 0.743. The van der Waals surface area contributed by atoms with Crippen molar-refractivity contribution >= 4 is 11.7 Å². The number of hydrogen-bond acceptors (Lipinski definition) is 3. The predicted octanol–water partition coefficient (Wildman–Crippen LogP) is 2.20. The SMILES string of the molecule is CCCCN(C)Cc1cccc(N)c1C(=O)O. The van der Waals surface area contributed by atoms with Gasteiger partial charge >= 0.3 is 5.97 Å². The van der Waals surface area contributed by atoms with Crippen LogP contribution in [0, 0.1) is 0 Å². The molecule has 4 heteroatoms. The molecular formula is C13H20N2O2. The smallest absolute Gasteiger partial charge is 0.338 e. The van der Waals surface area contributed by atoms with E-state index in [0.717, 1.165) is 24.9 Å². The van der Waals surface area contributed by atoms with Crippen molar-refractivity contribution in [2.24, 2.45) is 0 Å². The Morgan fingerprint density at radius 3 is 2.76 bits per heavy atom. The van der Waals surface area contributed by atoms with Crippen LogP contribution in [0.5, 0.6) is 0 Å². The minimum atomic E-state index is -0.956. The summed E-state index contributed by atoms with van der Waals surface area (Å²) >= 11 is 0. The molecule has 1 aromatic carbocycles. The van der Waals surface area contributed by atoms with Gasteiger partial charge in [-0.05, 0) is 31.6 Å². The molecule has 0 radical (unpaired) electrons. The molecule has 0 bridgehead atoms. The zero-order valence-electron chi connectivity index (χ0n) is 10.4. The molecule has 0 aliphatic carbocycles. The highest BCUT2D eigenvalue weighted by Crippen LogP contribution is 2.18. The molecule has 1 rings (SSSR count).